The lowest BCUT2D eigenvalue weighted by Gasteiger charge is -2.07. The minimum atomic E-state index is 0.741. The molecule has 2 heterocycles. The van der Waals surface area contributed by atoms with Crippen molar-refractivity contribution in [2.75, 3.05) is 20.3 Å². The highest BCUT2D eigenvalue weighted by Crippen LogP contribution is 2.40. The molecule has 0 spiro atoms. The van der Waals surface area contributed by atoms with Crippen LogP contribution in [0.5, 0.6) is 11.5 Å². The van der Waals surface area contributed by atoms with Gasteiger partial charge in [-0.1, -0.05) is 0 Å². The monoisotopic (exact) mass is 263 g/mol. The van der Waals surface area contributed by atoms with Crippen molar-refractivity contribution in [3.63, 3.8) is 0 Å². The van der Waals surface area contributed by atoms with Gasteiger partial charge in [-0.05, 0) is 31.0 Å². The molecule has 0 unspecified atom stereocenters. The van der Waals surface area contributed by atoms with E-state index in [2.05, 4.69) is 24.4 Å². The third-order valence-corrected chi connectivity index (χ3v) is 4.50. The molecule has 1 aromatic heterocycles. The maximum atomic E-state index is 5.74. The summed E-state index contributed by atoms with van der Waals surface area (Å²) >= 11 is 1.83. The summed E-state index contributed by atoms with van der Waals surface area (Å²) in [5, 5.41) is 4.50. The van der Waals surface area contributed by atoms with Crippen LogP contribution in [0, 0.1) is 6.92 Å². The summed E-state index contributed by atoms with van der Waals surface area (Å²) in [5.74, 6) is 1.77. The predicted molar refractivity (Wildman–Crippen MR) is 74.9 cm³/mol. The van der Waals surface area contributed by atoms with E-state index in [1.807, 2.05) is 18.4 Å². The topological polar surface area (TPSA) is 30.5 Å². The highest BCUT2D eigenvalue weighted by Gasteiger charge is 2.15. The van der Waals surface area contributed by atoms with Gasteiger partial charge in [-0.3, -0.25) is 0 Å². The van der Waals surface area contributed by atoms with Crippen LogP contribution in [0.2, 0.25) is 0 Å². The van der Waals surface area contributed by atoms with E-state index >= 15 is 0 Å². The van der Waals surface area contributed by atoms with E-state index < -0.39 is 0 Å². The van der Waals surface area contributed by atoms with Gasteiger partial charge >= 0.3 is 0 Å². The Bertz CT molecular complexity index is 577. The van der Waals surface area contributed by atoms with Gasteiger partial charge in [0.15, 0.2) is 11.5 Å². The van der Waals surface area contributed by atoms with Crippen LogP contribution in [0.15, 0.2) is 12.1 Å². The molecule has 0 saturated carbocycles. The molecule has 1 aliphatic heterocycles. The molecule has 0 radical (unpaired) electrons. The highest BCUT2D eigenvalue weighted by molar-refractivity contribution is 7.19. The largest absolute Gasteiger partial charge is 0.490 e. The third-order valence-electron chi connectivity index (χ3n) is 3.24. The van der Waals surface area contributed by atoms with Gasteiger partial charge in [-0.15, -0.1) is 11.3 Å². The lowest BCUT2D eigenvalue weighted by Crippen LogP contribution is -2.03. The van der Waals surface area contributed by atoms with Gasteiger partial charge < -0.3 is 14.8 Å². The molecule has 3 rings (SSSR count). The Morgan fingerprint density at radius 2 is 1.94 bits per heavy atom. The van der Waals surface area contributed by atoms with E-state index in [0.717, 1.165) is 37.7 Å². The second-order valence-electron chi connectivity index (χ2n) is 4.53. The summed E-state index contributed by atoms with van der Waals surface area (Å²) in [7, 11) is 1.98. The normalized spacial score (nSPS) is 14.8. The predicted octanol–water partition coefficient (Wildman–Crippen LogP) is 3.09. The average molecular weight is 263 g/mol. The zero-order valence-corrected chi connectivity index (χ0v) is 11.5. The molecule has 0 atom stereocenters. The Balaban J connectivity index is 2.13. The van der Waals surface area contributed by atoms with Crippen molar-refractivity contribution in [1.29, 1.82) is 0 Å². The van der Waals surface area contributed by atoms with Crippen LogP contribution in [-0.2, 0) is 6.54 Å². The molecule has 0 saturated heterocycles. The van der Waals surface area contributed by atoms with E-state index in [9.17, 15) is 0 Å². The van der Waals surface area contributed by atoms with Crippen LogP contribution in [0.25, 0.3) is 10.1 Å². The summed E-state index contributed by atoms with van der Waals surface area (Å²) < 4.78 is 12.8. The molecule has 1 aliphatic rings. The number of rotatable bonds is 2. The van der Waals surface area contributed by atoms with E-state index in [0.29, 0.717) is 0 Å². The van der Waals surface area contributed by atoms with Crippen LogP contribution < -0.4 is 14.8 Å². The molecular weight excluding hydrogens is 246 g/mol. The standard InChI is InChI=1S/C14H17NO2S/c1-9-10-6-11-12(17-5-3-4-16-11)7-13(10)18-14(9)8-15-2/h6-7,15H,3-5,8H2,1-2H3. The van der Waals surface area contributed by atoms with Gasteiger partial charge in [0.2, 0.25) is 0 Å². The molecule has 3 nitrogen and oxygen atoms in total. The number of aryl methyl sites for hydroxylation is 1. The quantitative estimate of drug-likeness (QED) is 0.903. The summed E-state index contributed by atoms with van der Waals surface area (Å²) in [5.41, 5.74) is 1.35. The fraction of sp³-hybridized carbons (Fsp3) is 0.429. The highest BCUT2D eigenvalue weighted by atomic mass is 32.1. The van der Waals surface area contributed by atoms with Crippen LogP contribution in [0.4, 0.5) is 0 Å². The smallest absolute Gasteiger partial charge is 0.162 e. The van der Waals surface area contributed by atoms with Crippen molar-refractivity contribution in [1.82, 2.24) is 5.32 Å². The molecule has 2 aromatic rings. The van der Waals surface area contributed by atoms with E-state index in [1.165, 1.54) is 20.5 Å². The second kappa shape index (κ2) is 4.78. The fourth-order valence-electron chi connectivity index (χ4n) is 2.26. The Labute approximate surface area is 111 Å². The number of benzene rings is 1. The summed E-state index contributed by atoms with van der Waals surface area (Å²) in [6.07, 6.45) is 0.951. The first-order valence-electron chi connectivity index (χ1n) is 6.26. The second-order valence-corrected chi connectivity index (χ2v) is 5.66. The number of ether oxygens (including phenoxy) is 2. The van der Waals surface area contributed by atoms with Crippen LogP contribution in [0.3, 0.4) is 0 Å². The zero-order chi connectivity index (χ0) is 12.5. The number of nitrogens with one attached hydrogen (secondary N) is 1. The minimum absolute atomic E-state index is 0.741. The first kappa shape index (κ1) is 11.8. The van der Waals surface area contributed by atoms with E-state index in [4.69, 9.17) is 9.47 Å². The Morgan fingerprint density at radius 3 is 2.67 bits per heavy atom. The molecule has 4 heteroatoms. The average Bonchev–Trinajstić information content (AvgIpc) is 2.55. The maximum Gasteiger partial charge on any atom is 0.162 e. The molecule has 0 amide bonds. The van der Waals surface area contributed by atoms with Crippen molar-refractivity contribution in [3.05, 3.63) is 22.6 Å². The molecular formula is C14H17NO2S. The number of hydrogen-bond acceptors (Lipinski definition) is 4. The molecule has 18 heavy (non-hydrogen) atoms. The summed E-state index contributed by atoms with van der Waals surface area (Å²) in [6, 6.07) is 4.24. The molecule has 96 valence electrons. The fourth-order valence-corrected chi connectivity index (χ4v) is 3.49. The first-order chi connectivity index (χ1) is 8.79. The molecule has 1 aromatic carbocycles. The van der Waals surface area contributed by atoms with Crippen molar-refractivity contribution in [3.8, 4) is 11.5 Å². The van der Waals surface area contributed by atoms with Gasteiger partial charge in [-0.2, -0.15) is 0 Å². The number of thiophene rings is 1. The molecule has 0 fully saturated rings. The van der Waals surface area contributed by atoms with Crippen molar-refractivity contribution in [2.45, 2.75) is 19.9 Å². The number of hydrogen-bond donors (Lipinski definition) is 1. The number of fused-ring (bicyclic) bond motifs is 2. The van der Waals surface area contributed by atoms with Gasteiger partial charge in [0.1, 0.15) is 0 Å². The van der Waals surface area contributed by atoms with Gasteiger partial charge in [0.25, 0.3) is 0 Å². The van der Waals surface area contributed by atoms with Crippen LogP contribution in [-0.4, -0.2) is 20.3 Å². The maximum absolute atomic E-state index is 5.74. The van der Waals surface area contributed by atoms with Crippen LogP contribution >= 0.6 is 11.3 Å². The minimum Gasteiger partial charge on any atom is -0.490 e. The van der Waals surface area contributed by atoms with E-state index in [-0.39, 0.29) is 0 Å². The summed E-state index contributed by atoms with van der Waals surface area (Å²) in [4.78, 5) is 1.38. The zero-order valence-electron chi connectivity index (χ0n) is 10.7. The lowest BCUT2D eigenvalue weighted by atomic mass is 10.1. The molecule has 0 aliphatic carbocycles. The summed E-state index contributed by atoms with van der Waals surface area (Å²) in [6.45, 7) is 4.57. The van der Waals surface area contributed by atoms with Gasteiger partial charge in [0.05, 0.1) is 13.2 Å². The first-order valence-corrected chi connectivity index (χ1v) is 7.07. The third kappa shape index (κ3) is 1.95. The Kier molecular flexibility index (Phi) is 3.14. The molecule has 1 N–H and O–H groups in total. The van der Waals surface area contributed by atoms with Gasteiger partial charge in [-0.25, -0.2) is 0 Å². The van der Waals surface area contributed by atoms with Crippen molar-refractivity contribution < 1.29 is 9.47 Å². The Hall–Kier alpha value is -1.26. The SMILES string of the molecule is CNCc1sc2cc3c(cc2c1C)OCCCO3. The van der Waals surface area contributed by atoms with Crippen molar-refractivity contribution >= 4 is 21.4 Å². The van der Waals surface area contributed by atoms with Gasteiger partial charge in [0, 0.05) is 28.6 Å². The van der Waals surface area contributed by atoms with E-state index in [1.54, 1.807) is 0 Å². The lowest BCUT2D eigenvalue weighted by molar-refractivity contribution is 0.297. The molecule has 0 bridgehead atoms. The van der Waals surface area contributed by atoms with Crippen molar-refractivity contribution in [2.24, 2.45) is 0 Å². The van der Waals surface area contributed by atoms with Crippen LogP contribution in [0.1, 0.15) is 16.9 Å². The Morgan fingerprint density at radius 1 is 1.22 bits per heavy atom.